The van der Waals surface area contributed by atoms with E-state index in [4.69, 9.17) is 21.1 Å². The normalized spacial score (nSPS) is 15.4. The third-order valence-corrected chi connectivity index (χ3v) is 7.39. The third-order valence-electron chi connectivity index (χ3n) is 5.12. The van der Waals surface area contributed by atoms with E-state index >= 15 is 0 Å². The second-order valence-corrected chi connectivity index (χ2v) is 10.0. The second-order valence-electron chi connectivity index (χ2n) is 7.38. The van der Waals surface area contributed by atoms with Crippen LogP contribution >= 0.6 is 46.0 Å². The molecule has 0 aromatic heterocycles. The summed E-state index contributed by atoms with van der Waals surface area (Å²) in [7, 11) is 0. The van der Waals surface area contributed by atoms with Crippen LogP contribution in [0.15, 0.2) is 60.7 Å². The number of nitro groups is 1. The third kappa shape index (κ3) is 5.42. The van der Waals surface area contributed by atoms with Crippen LogP contribution in [0.4, 0.5) is 11.4 Å². The van der Waals surface area contributed by atoms with Gasteiger partial charge in [0.2, 0.25) is 5.91 Å². The SMILES string of the molecule is CCOc1cc([C@@H]2SCC(=O)N2c2ccc(Cl)cc2)cc(I)c1OCc1ccc([N+](=O)[O-])cc1. The summed E-state index contributed by atoms with van der Waals surface area (Å²) in [5.74, 6) is 1.59. The van der Waals surface area contributed by atoms with Gasteiger partial charge in [0.15, 0.2) is 11.5 Å². The van der Waals surface area contributed by atoms with Crippen molar-refractivity contribution in [1.29, 1.82) is 0 Å². The number of benzene rings is 3. The number of carbonyl (C=O) groups excluding carboxylic acids is 1. The molecule has 1 aliphatic rings. The van der Waals surface area contributed by atoms with Crippen LogP contribution in [-0.4, -0.2) is 23.2 Å². The maximum absolute atomic E-state index is 12.7. The van der Waals surface area contributed by atoms with Gasteiger partial charge in [0.05, 0.1) is 20.9 Å². The minimum absolute atomic E-state index is 0.0313. The predicted molar refractivity (Wildman–Crippen MR) is 142 cm³/mol. The Bertz CT molecular complexity index is 1210. The highest BCUT2D eigenvalue weighted by atomic mass is 127. The van der Waals surface area contributed by atoms with E-state index in [0.717, 1.165) is 20.4 Å². The van der Waals surface area contributed by atoms with E-state index in [0.29, 0.717) is 28.9 Å². The van der Waals surface area contributed by atoms with E-state index < -0.39 is 4.92 Å². The van der Waals surface area contributed by atoms with Gasteiger partial charge in [0, 0.05) is 22.8 Å². The van der Waals surface area contributed by atoms with Crippen molar-refractivity contribution < 1.29 is 19.2 Å². The maximum Gasteiger partial charge on any atom is 0.269 e. The van der Waals surface area contributed by atoms with Gasteiger partial charge >= 0.3 is 0 Å². The van der Waals surface area contributed by atoms with Crippen molar-refractivity contribution in [2.45, 2.75) is 18.9 Å². The van der Waals surface area contributed by atoms with Crippen LogP contribution in [0, 0.1) is 13.7 Å². The largest absolute Gasteiger partial charge is 0.490 e. The van der Waals surface area contributed by atoms with Crippen molar-refractivity contribution in [1.82, 2.24) is 0 Å². The first-order valence-corrected chi connectivity index (χ1v) is 12.9. The van der Waals surface area contributed by atoms with E-state index in [2.05, 4.69) is 22.6 Å². The standard InChI is InChI=1S/C24H20ClIN2O5S/c1-2-32-21-12-16(24-27(22(29)14-34-24)18-9-5-17(25)6-10-18)11-20(26)23(21)33-13-15-3-7-19(8-4-15)28(30)31/h3-12,24H,2,13-14H2,1H3/t24-/m0/s1. The maximum atomic E-state index is 12.7. The molecule has 7 nitrogen and oxygen atoms in total. The molecule has 0 spiro atoms. The molecule has 4 rings (SSSR count). The van der Waals surface area contributed by atoms with Gasteiger partial charge < -0.3 is 9.47 Å². The fourth-order valence-corrected chi connectivity index (χ4v) is 5.62. The van der Waals surface area contributed by atoms with Crippen molar-refractivity contribution in [3.8, 4) is 11.5 Å². The lowest BCUT2D eigenvalue weighted by Crippen LogP contribution is -2.27. The molecule has 10 heteroatoms. The lowest BCUT2D eigenvalue weighted by molar-refractivity contribution is -0.384. The summed E-state index contributed by atoms with van der Waals surface area (Å²) < 4.78 is 12.8. The number of anilines is 1. The molecule has 1 heterocycles. The van der Waals surface area contributed by atoms with E-state index in [1.165, 1.54) is 12.1 Å². The van der Waals surface area contributed by atoms with Crippen molar-refractivity contribution in [3.05, 3.63) is 90.5 Å². The number of thioether (sulfide) groups is 1. The number of carbonyl (C=O) groups is 1. The lowest BCUT2D eigenvalue weighted by Gasteiger charge is -2.25. The van der Waals surface area contributed by atoms with E-state index in [1.807, 2.05) is 31.2 Å². The molecule has 1 aliphatic heterocycles. The quantitative estimate of drug-likeness (QED) is 0.162. The van der Waals surface area contributed by atoms with Crippen LogP contribution in [-0.2, 0) is 11.4 Å². The Morgan fingerprint density at radius 1 is 1.15 bits per heavy atom. The Morgan fingerprint density at radius 3 is 2.50 bits per heavy atom. The number of rotatable bonds is 8. The van der Waals surface area contributed by atoms with Crippen molar-refractivity contribution in [2.75, 3.05) is 17.3 Å². The van der Waals surface area contributed by atoms with Gasteiger partial charge in [-0.15, -0.1) is 11.8 Å². The van der Waals surface area contributed by atoms with Crippen LogP contribution in [0.25, 0.3) is 0 Å². The average molecular weight is 611 g/mol. The molecule has 0 radical (unpaired) electrons. The molecule has 0 unspecified atom stereocenters. The average Bonchev–Trinajstić information content (AvgIpc) is 3.20. The minimum Gasteiger partial charge on any atom is -0.490 e. The number of amides is 1. The van der Waals surface area contributed by atoms with Crippen LogP contribution in [0.1, 0.15) is 23.4 Å². The summed E-state index contributed by atoms with van der Waals surface area (Å²) in [4.78, 5) is 24.9. The number of hydrogen-bond donors (Lipinski definition) is 0. The zero-order chi connectivity index (χ0) is 24.2. The summed E-state index contributed by atoms with van der Waals surface area (Å²) >= 11 is 9.78. The summed E-state index contributed by atoms with van der Waals surface area (Å²) in [6, 6.07) is 17.4. The molecule has 3 aromatic carbocycles. The lowest BCUT2D eigenvalue weighted by atomic mass is 10.1. The minimum atomic E-state index is -0.432. The Balaban J connectivity index is 1.60. The molecule has 0 bridgehead atoms. The summed E-state index contributed by atoms with van der Waals surface area (Å²) in [6.07, 6.45) is 0. The zero-order valence-electron chi connectivity index (χ0n) is 18.1. The van der Waals surface area contributed by atoms with E-state index in [9.17, 15) is 14.9 Å². The first-order valence-electron chi connectivity index (χ1n) is 10.4. The van der Waals surface area contributed by atoms with Crippen LogP contribution < -0.4 is 14.4 Å². The van der Waals surface area contributed by atoms with Crippen LogP contribution in [0.3, 0.4) is 0 Å². The monoisotopic (exact) mass is 610 g/mol. The second kappa shape index (κ2) is 10.8. The molecule has 1 amide bonds. The molecule has 0 N–H and O–H groups in total. The molecular weight excluding hydrogens is 591 g/mol. The highest BCUT2D eigenvalue weighted by Gasteiger charge is 2.35. The van der Waals surface area contributed by atoms with E-state index in [1.54, 1.807) is 40.9 Å². The Kier molecular flexibility index (Phi) is 7.84. The first-order chi connectivity index (χ1) is 16.4. The number of hydrogen-bond acceptors (Lipinski definition) is 6. The van der Waals surface area contributed by atoms with Gasteiger partial charge in [-0.2, -0.15) is 0 Å². The van der Waals surface area contributed by atoms with Gasteiger partial charge in [-0.3, -0.25) is 19.8 Å². The van der Waals surface area contributed by atoms with Gasteiger partial charge in [-0.1, -0.05) is 11.6 Å². The number of ether oxygens (including phenoxy) is 2. The summed E-state index contributed by atoms with van der Waals surface area (Å²) in [5.41, 5.74) is 2.56. The first kappa shape index (κ1) is 24.6. The number of halogens is 2. The molecule has 1 atom stereocenters. The molecule has 3 aromatic rings. The smallest absolute Gasteiger partial charge is 0.269 e. The van der Waals surface area contributed by atoms with Gasteiger partial charge in [-0.05, 0) is 89.2 Å². The molecular formula is C24H20ClIN2O5S. The fraction of sp³-hybridized carbons (Fsp3) is 0.208. The van der Waals surface area contributed by atoms with Crippen molar-refractivity contribution in [2.24, 2.45) is 0 Å². The van der Waals surface area contributed by atoms with Crippen molar-refractivity contribution in [3.63, 3.8) is 0 Å². The number of nitro benzene ring substituents is 1. The van der Waals surface area contributed by atoms with Crippen molar-refractivity contribution >= 4 is 63.2 Å². The summed E-state index contributed by atoms with van der Waals surface area (Å²) in [6.45, 7) is 2.58. The van der Waals surface area contributed by atoms with Crippen LogP contribution in [0.5, 0.6) is 11.5 Å². The molecule has 1 saturated heterocycles. The Hall–Kier alpha value is -2.50. The Labute approximate surface area is 219 Å². The molecule has 1 fully saturated rings. The molecule has 34 heavy (non-hydrogen) atoms. The van der Waals surface area contributed by atoms with E-state index in [-0.39, 0.29) is 23.6 Å². The highest BCUT2D eigenvalue weighted by molar-refractivity contribution is 14.1. The number of non-ortho nitro benzene ring substituents is 1. The predicted octanol–water partition coefficient (Wildman–Crippen LogP) is 6.61. The van der Waals surface area contributed by atoms with Gasteiger partial charge in [0.25, 0.3) is 5.69 Å². The molecule has 176 valence electrons. The Morgan fingerprint density at radius 2 is 1.85 bits per heavy atom. The highest BCUT2D eigenvalue weighted by Crippen LogP contribution is 2.45. The molecule has 0 saturated carbocycles. The fourth-order valence-electron chi connectivity index (χ4n) is 3.55. The van der Waals surface area contributed by atoms with Crippen LogP contribution in [0.2, 0.25) is 5.02 Å². The number of nitrogens with zero attached hydrogens (tertiary/aromatic N) is 2. The summed E-state index contributed by atoms with van der Waals surface area (Å²) in [5, 5.41) is 11.3. The van der Waals surface area contributed by atoms with Gasteiger partial charge in [-0.25, -0.2) is 0 Å². The topological polar surface area (TPSA) is 81.9 Å². The molecule has 0 aliphatic carbocycles. The van der Waals surface area contributed by atoms with Gasteiger partial charge in [0.1, 0.15) is 12.0 Å². The zero-order valence-corrected chi connectivity index (χ0v) is 21.8.